The highest BCUT2D eigenvalue weighted by Crippen LogP contribution is 2.29. The molecule has 1 aromatic carbocycles. The van der Waals surface area contributed by atoms with E-state index in [-0.39, 0.29) is 17.6 Å². The third-order valence-corrected chi connectivity index (χ3v) is 7.25. The standard InChI is InChI=1S/C23H28Cl2N2O4S/c24-20-8-3-16(12-21(20)25)14-27-9-10-31-18(15-27)13-26-22(28)2-1-11-32-19-6-4-17(5-7-19)23(29)30/h4-8,12,16,18H,1-3,9-11,13-15H2,(H,26,28)(H,29,30)/t16?,18-/m0/s1. The van der Waals surface area contributed by atoms with E-state index in [1.165, 1.54) is 0 Å². The number of thioether (sulfide) groups is 1. The van der Waals surface area contributed by atoms with Crippen LogP contribution >= 0.6 is 35.0 Å². The van der Waals surface area contributed by atoms with Gasteiger partial charge in [0.1, 0.15) is 0 Å². The average Bonchev–Trinajstić information content (AvgIpc) is 2.78. The second-order valence-electron chi connectivity index (χ2n) is 7.90. The molecule has 1 fully saturated rings. The van der Waals surface area contributed by atoms with Crippen molar-refractivity contribution in [3.8, 4) is 0 Å². The van der Waals surface area contributed by atoms with Crippen LogP contribution in [0.1, 0.15) is 29.6 Å². The summed E-state index contributed by atoms with van der Waals surface area (Å²) in [7, 11) is 0. The Morgan fingerprint density at radius 3 is 2.72 bits per heavy atom. The Balaban J connectivity index is 1.30. The van der Waals surface area contributed by atoms with E-state index in [4.69, 9.17) is 33.0 Å². The van der Waals surface area contributed by atoms with Gasteiger partial charge in [-0.15, -0.1) is 11.8 Å². The Hall–Kier alpha value is -1.51. The zero-order valence-electron chi connectivity index (χ0n) is 17.8. The molecule has 1 heterocycles. The zero-order chi connectivity index (χ0) is 22.9. The summed E-state index contributed by atoms with van der Waals surface area (Å²) in [6, 6.07) is 6.77. The van der Waals surface area contributed by atoms with Gasteiger partial charge in [0.25, 0.3) is 0 Å². The molecule has 174 valence electrons. The number of morpholine rings is 1. The minimum Gasteiger partial charge on any atom is -0.478 e. The number of hydrogen-bond donors (Lipinski definition) is 2. The first-order valence-corrected chi connectivity index (χ1v) is 12.4. The maximum atomic E-state index is 12.2. The zero-order valence-corrected chi connectivity index (χ0v) is 20.1. The molecule has 1 amide bonds. The monoisotopic (exact) mass is 498 g/mol. The molecule has 1 aromatic rings. The summed E-state index contributed by atoms with van der Waals surface area (Å²) < 4.78 is 5.82. The van der Waals surface area contributed by atoms with Crippen LogP contribution in [0.25, 0.3) is 0 Å². The SMILES string of the molecule is O=C(CCCSc1ccc(C(=O)O)cc1)NC[C@H]1CN(CC2C=C(Cl)C(Cl)=CC2)CCO1. The van der Waals surface area contributed by atoms with Gasteiger partial charge in [-0.3, -0.25) is 9.69 Å². The summed E-state index contributed by atoms with van der Waals surface area (Å²) in [5.41, 5.74) is 0.275. The van der Waals surface area contributed by atoms with Crippen molar-refractivity contribution in [2.45, 2.75) is 30.3 Å². The number of carbonyl (C=O) groups is 2. The van der Waals surface area contributed by atoms with Crippen molar-refractivity contribution in [3.63, 3.8) is 0 Å². The molecule has 6 nitrogen and oxygen atoms in total. The highest BCUT2D eigenvalue weighted by atomic mass is 35.5. The number of halogens is 2. The number of allylic oxidation sites excluding steroid dienone is 3. The van der Waals surface area contributed by atoms with E-state index in [2.05, 4.69) is 10.2 Å². The van der Waals surface area contributed by atoms with E-state index in [0.717, 1.165) is 43.1 Å². The van der Waals surface area contributed by atoms with E-state index >= 15 is 0 Å². The van der Waals surface area contributed by atoms with E-state index in [1.54, 1.807) is 36.0 Å². The molecule has 32 heavy (non-hydrogen) atoms. The summed E-state index contributed by atoms with van der Waals surface area (Å²) in [4.78, 5) is 26.4. The number of aromatic carboxylic acids is 1. The number of hydrogen-bond acceptors (Lipinski definition) is 5. The topological polar surface area (TPSA) is 78.9 Å². The number of benzene rings is 1. The Morgan fingerprint density at radius 2 is 2.00 bits per heavy atom. The summed E-state index contributed by atoms with van der Waals surface area (Å²) in [5, 5.41) is 13.2. The van der Waals surface area contributed by atoms with Crippen LogP contribution in [-0.4, -0.2) is 66.5 Å². The lowest BCUT2D eigenvalue weighted by atomic mass is 9.99. The average molecular weight is 499 g/mol. The van der Waals surface area contributed by atoms with Gasteiger partial charge in [-0.2, -0.15) is 0 Å². The molecule has 0 bridgehead atoms. The van der Waals surface area contributed by atoms with Crippen molar-refractivity contribution in [1.82, 2.24) is 10.2 Å². The highest BCUT2D eigenvalue weighted by Gasteiger charge is 2.24. The van der Waals surface area contributed by atoms with Crippen LogP contribution < -0.4 is 5.32 Å². The number of ether oxygens (including phenoxy) is 1. The number of amides is 1. The summed E-state index contributed by atoms with van der Waals surface area (Å²) in [6.45, 7) is 3.70. The second-order valence-corrected chi connectivity index (χ2v) is 9.88. The van der Waals surface area contributed by atoms with Crippen LogP contribution in [0, 0.1) is 5.92 Å². The lowest BCUT2D eigenvalue weighted by Crippen LogP contribution is -2.48. The van der Waals surface area contributed by atoms with Gasteiger partial charge in [0.05, 0.1) is 28.3 Å². The maximum Gasteiger partial charge on any atom is 0.335 e. The molecule has 2 N–H and O–H groups in total. The number of nitrogens with one attached hydrogen (secondary N) is 1. The molecule has 0 radical (unpaired) electrons. The van der Waals surface area contributed by atoms with Crippen LogP contribution in [0.15, 0.2) is 51.4 Å². The van der Waals surface area contributed by atoms with E-state index in [0.29, 0.717) is 35.6 Å². The molecule has 0 spiro atoms. The molecule has 1 aliphatic heterocycles. The van der Waals surface area contributed by atoms with Gasteiger partial charge in [0.2, 0.25) is 5.91 Å². The van der Waals surface area contributed by atoms with E-state index in [9.17, 15) is 9.59 Å². The Labute approximate surface area is 203 Å². The maximum absolute atomic E-state index is 12.2. The van der Waals surface area contributed by atoms with Crippen molar-refractivity contribution in [1.29, 1.82) is 0 Å². The normalized spacial score (nSPS) is 21.6. The summed E-state index contributed by atoms with van der Waals surface area (Å²) >= 11 is 13.8. The van der Waals surface area contributed by atoms with Crippen molar-refractivity contribution in [2.24, 2.45) is 5.92 Å². The number of carboxylic acid groups (broad SMARTS) is 1. The minimum absolute atomic E-state index is 0.0167. The molecule has 9 heteroatoms. The fourth-order valence-electron chi connectivity index (χ4n) is 3.67. The molecule has 1 saturated heterocycles. The van der Waals surface area contributed by atoms with Crippen molar-refractivity contribution in [3.05, 3.63) is 52.0 Å². The predicted molar refractivity (Wildman–Crippen MR) is 129 cm³/mol. The first-order valence-electron chi connectivity index (χ1n) is 10.7. The largest absolute Gasteiger partial charge is 0.478 e. The van der Waals surface area contributed by atoms with Crippen LogP contribution in [0.4, 0.5) is 0 Å². The third-order valence-electron chi connectivity index (χ3n) is 5.37. The lowest BCUT2D eigenvalue weighted by Gasteiger charge is -2.35. The molecule has 1 unspecified atom stereocenters. The molecular weight excluding hydrogens is 471 g/mol. The van der Waals surface area contributed by atoms with Crippen LogP contribution in [0.5, 0.6) is 0 Å². The van der Waals surface area contributed by atoms with Gasteiger partial charge in [-0.25, -0.2) is 4.79 Å². The van der Waals surface area contributed by atoms with Crippen molar-refractivity contribution < 1.29 is 19.4 Å². The molecule has 1 aliphatic carbocycles. The lowest BCUT2D eigenvalue weighted by molar-refractivity contribution is -0.122. The number of carbonyl (C=O) groups excluding carboxylic acids is 1. The quantitative estimate of drug-likeness (QED) is 0.369. The Bertz CT molecular complexity index is 860. The van der Waals surface area contributed by atoms with Gasteiger partial charge in [0.15, 0.2) is 0 Å². The number of carboxylic acids is 1. The fourth-order valence-corrected chi connectivity index (χ4v) is 4.93. The molecule has 2 aliphatic rings. The first-order chi connectivity index (χ1) is 15.4. The van der Waals surface area contributed by atoms with Crippen LogP contribution in [0.3, 0.4) is 0 Å². The first kappa shape index (κ1) is 25.1. The fraction of sp³-hybridized carbons (Fsp3) is 0.478. The summed E-state index contributed by atoms with van der Waals surface area (Å²) in [5.74, 6) is 0.231. The van der Waals surface area contributed by atoms with Gasteiger partial charge in [-0.1, -0.05) is 35.4 Å². The molecule has 0 saturated carbocycles. The third kappa shape index (κ3) is 8.12. The molecule has 0 aromatic heterocycles. The molecule has 2 atom stereocenters. The van der Waals surface area contributed by atoms with Crippen molar-refractivity contribution >= 4 is 46.8 Å². The van der Waals surface area contributed by atoms with Crippen LogP contribution in [0.2, 0.25) is 0 Å². The predicted octanol–water partition coefficient (Wildman–Crippen LogP) is 4.34. The Kier molecular flexibility index (Phi) is 9.93. The highest BCUT2D eigenvalue weighted by molar-refractivity contribution is 7.99. The second kappa shape index (κ2) is 12.7. The smallest absolute Gasteiger partial charge is 0.335 e. The molecule has 3 rings (SSSR count). The minimum atomic E-state index is -0.930. The number of rotatable bonds is 10. The van der Waals surface area contributed by atoms with Gasteiger partial charge in [0, 0.05) is 37.5 Å². The van der Waals surface area contributed by atoms with E-state index in [1.807, 2.05) is 12.2 Å². The van der Waals surface area contributed by atoms with Crippen molar-refractivity contribution in [2.75, 3.05) is 38.5 Å². The van der Waals surface area contributed by atoms with E-state index < -0.39 is 5.97 Å². The Morgan fingerprint density at radius 1 is 1.22 bits per heavy atom. The van der Waals surface area contributed by atoms with Gasteiger partial charge in [-0.05, 0) is 48.8 Å². The molecular formula is C23H28Cl2N2O4S. The van der Waals surface area contributed by atoms with Gasteiger partial charge < -0.3 is 15.2 Å². The van der Waals surface area contributed by atoms with Gasteiger partial charge >= 0.3 is 5.97 Å². The van der Waals surface area contributed by atoms with Crippen LogP contribution in [-0.2, 0) is 9.53 Å². The summed E-state index contributed by atoms with van der Waals surface area (Å²) in [6.07, 6.45) is 6.06. The number of nitrogens with zero attached hydrogens (tertiary/aromatic N) is 1.